The van der Waals surface area contributed by atoms with Crippen LogP contribution in [-0.4, -0.2) is 29.1 Å². The number of carbonyl (C=O) groups excluding carboxylic acids is 1. The van der Waals surface area contributed by atoms with Gasteiger partial charge < -0.3 is 16.2 Å². The number of carboxylic acid groups (broad SMARTS) is 1. The molecule has 1 aliphatic carbocycles. The lowest BCUT2D eigenvalue weighted by Crippen LogP contribution is -2.57. The summed E-state index contributed by atoms with van der Waals surface area (Å²) in [6, 6.07) is 0. The van der Waals surface area contributed by atoms with Crippen LogP contribution in [0.5, 0.6) is 0 Å². The average Bonchev–Trinajstić information content (AvgIpc) is 2.27. The monoisotopic (exact) mass is 270 g/mol. The molecule has 19 heavy (non-hydrogen) atoms. The van der Waals surface area contributed by atoms with E-state index in [1.54, 1.807) is 0 Å². The van der Waals surface area contributed by atoms with Gasteiger partial charge in [0.2, 0.25) is 5.91 Å². The number of rotatable bonds is 5. The number of aliphatic carboxylic acids is 1. The maximum Gasteiger partial charge on any atom is 0.308 e. The molecule has 0 heterocycles. The third kappa shape index (κ3) is 4.20. The van der Waals surface area contributed by atoms with Crippen molar-refractivity contribution in [3.8, 4) is 0 Å². The molecule has 3 unspecified atom stereocenters. The van der Waals surface area contributed by atoms with E-state index in [4.69, 9.17) is 10.8 Å². The van der Waals surface area contributed by atoms with Gasteiger partial charge in [0.05, 0.1) is 11.5 Å². The fraction of sp³-hybridized carbons (Fsp3) is 0.857. The molecule has 4 N–H and O–H groups in total. The van der Waals surface area contributed by atoms with Crippen LogP contribution in [0, 0.1) is 17.8 Å². The molecule has 0 saturated heterocycles. The zero-order chi connectivity index (χ0) is 14.6. The van der Waals surface area contributed by atoms with E-state index >= 15 is 0 Å². The molecule has 5 heteroatoms. The summed E-state index contributed by atoms with van der Waals surface area (Å²) in [6.45, 7) is 5.93. The Balaban J connectivity index is 2.56. The summed E-state index contributed by atoms with van der Waals surface area (Å²) in [4.78, 5) is 23.3. The Kier molecular flexibility index (Phi) is 5.35. The third-order valence-electron chi connectivity index (χ3n) is 4.09. The van der Waals surface area contributed by atoms with E-state index in [9.17, 15) is 9.59 Å². The summed E-state index contributed by atoms with van der Waals surface area (Å²) < 4.78 is 0. The first-order chi connectivity index (χ1) is 8.76. The molecule has 1 rings (SSSR count). The van der Waals surface area contributed by atoms with Crippen molar-refractivity contribution in [2.24, 2.45) is 23.5 Å². The average molecular weight is 270 g/mol. The van der Waals surface area contributed by atoms with Crippen LogP contribution in [0.3, 0.4) is 0 Å². The van der Waals surface area contributed by atoms with Crippen molar-refractivity contribution >= 4 is 11.9 Å². The van der Waals surface area contributed by atoms with Crippen molar-refractivity contribution in [1.82, 2.24) is 5.32 Å². The Morgan fingerprint density at radius 1 is 1.47 bits per heavy atom. The molecular weight excluding hydrogens is 244 g/mol. The van der Waals surface area contributed by atoms with Gasteiger partial charge in [0.15, 0.2) is 0 Å². The predicted octanol–water partition coefficient (Wildman–Crippen LogP) is 1.37. The van der Waals surface area contributed by atoms with E-state index in [0.717, 1.165) is 12.8 Å². The van der Waals surface area contributed by atoms with Gasteiger partial charge in [-0.1, -0.05) is 33.6 Å². The lowest BCUT2D eigenvalue weighted by molar-refractivity contribution is -0.143. The molecule has 0 aromatic carbocycles. The van der Waals surface area contributed by atoms with E-state index in [0.29, 0.717) is 18.8 Å². The normalized spacial score (nSPS) is 29.0. The number of nitrogens with two attached hydrogens (primary N) is 1. The van der Waals surface area contributed by atoms with E-state index in [1.807, 2.05) is 13.8 Å². The zero-order valence-electron chi connectivity index (χ0n) is 12.1. The largest absolute Gasteiger partial charge is 0.481 e. The van der Waals surface area contributed by atoms with Crippen LogP contribution in [0.2, 0.25) is 0 Å². The Hall–Kier alpha value is -1.10. The minimum atomic E-state index is -0.876. The molecule has 0 aliphatic heterocycles. The number of nitrogens with one attached hydrogen (secondary N) is 1. The molecule has 1 aliphatic rings. The highest BCUT2D eigenvalue weighted by molar-refractivity contribution is 5.86. The Morgan fingerprint density at radius 2 is 2.11 bits per heavy atom. The van der Waals surface area contributed by atoms with Crippen molar-refractivity contribution < 1.29 is 14.7 Å². The first-order valence-electron chi connectivity index (χ1n) is 7.06. The maximum absolute atomic E-state index is 12.2. The number of carboxylic acids is 1. The van der Waals surface area contributed by atoms with E-state index in [2.05, 4.69) is 12.2 Å². The van der Waals surface area contributed by atoms with Crippen molar-refractivity contribution in [2.75, 3.05) is 6.54 Å². The van der Waals surface area contributed by atoms with Gasteiger partial charge in [0.25, 0.3) is 0 Å². The highest BCUT2D eigenvalue weighted by atomic mass is 16.4. The number of carbonyl (C=O) groups is 2. The van der Waals surface area contributed by atoms with Gasteiger partial charge in [-0.25, -0.2) is 0 Å². The molecule has 110 valence electrons. The number of hydrogen-bond donors (Lipinski definition) is 3. The zero-order valence-corrected chi connectivity index (χ0v) is 12.1. The van der Waals surface area contributed by atoms with Crippen molar-refractivity contribution in [2.45, 2.75) is 52.0 Å². The van der Waals surface area contributed by atoms with E-state index in [1.165, 1.54) is 0 Å². The molecule has 0 radical (unpaired) electrons. The third-order valence-corrected chi connectivity index (χ3v) is 4.09. The lowest BCUT2D eigenvalue weighted by Gasteiger charge is -2.35. The summed E-state index contributed by atoms with van der Waals surface area (Å²) in [5.41, 5.74) is 5.35. The molecule has 5 nitrogen and oxygen atoms in total. The van der Waals surface area contributed by atoms with Crippen molar-refractivity contribution in [3.63, 3.8) is 0 Å². The first-order valence-corrected chi connectivity index (χ1v) is 7.06. The van der Waals surface area contributed by atoms with E-state index < -0.39 is 17.4 Å². The molecule has 1 fully saturated rings. The Labute approximate surface area is 114 Å². The van der Waals surface area contributed by atoms with Crippen LogP contribution < -0.4 is 11.1 Å². The quantitative estimate of drug-likeness (QED) is 0.703. The summed E-state index contributed by atoms with van der Waals surface area (Å²) in [5, 5.41) is 11.8. The topological polar surface area (TPSA) is 92.4 Å². The molecule has 0 aromatic heterocycles. The van der Waals surface area contributed by atoms with Crippen LogP contribution in [-0.2, 0) is 9.59 Å². The van der Waals surface area contributed by atoms with Crippen LogP contribution in [0.15, 0.2) is 0 Å². The van der Waals surface area contributed by atoms with Crippen LogP contribution >= 0.6 is 0 Å². The van der Waals surface area contributed by atoms with Crippen LogP contribution in [0.25, 0.3) is 0 Å². The molecule has 0 spiro atoms. The fourth-order valence-corrected chi connectivity index (χ4v) is 2.78. The van der Waals surface area contributed by atoms with Gasteiger partial charge in [-0.15, -0.1) is 0 Å². The molecule has 1 amide bonds. The predicted molar refractivity (Wildman–Crippen MR) is 73.5 cm³/mol. The summed E-state index contributed by atoms with van der Waals surface area (Å²) in [7, 11) is 0. The summed E-state index contributed by atoms with van der Waals surface area (Å²) in [6.07, 6.45) is 3.43. The highest BCUT2D eigenvalue weighted by Crippen LogP contribution is 2.30. The van der Waals surface area contributed by atoms with Gasteiger partial charge in [0.1, 0.15) is 0 Å². The molecule has 3 atom stereocenters. The minimum absolute atomic E-state index is 0.0168. The number of amides is 1. The summed E-state index contributed by atoms with van der Waals surface area (Å²) >= 11 is 0. The second kappa shape index (κ2) is 6.37. The minimum Gasteiger partial charge on any atom is -0.481 e. The lowest BCUT2D eigenvalue weighted by atomic mass is 9.76. The van der Waals surface area contributed by atoms with Crippen LogP contribution in [0.1, 0.15) is 46.5 Å². The second-order valence-electron chi connectivity index (χ2n) is 6.26. The first kappa shape index (κ1) is 16.0. The van der Waals surface area contributed by atoms with Gasteiger partial charge in [-0.2, -0.15) is 0 Å². The van der Waals surface area contributed by atoms with Crippen LogP contribution in [0.4, 0.5) is 0 Å². The maximum atomic E-state index is 12.2. The SMILES string of the molecule is CC1CCCC(N)(C(=O)NCC(C(=O)O)C(C)C)C1. The highest BCUT2D eigenvalue weighted by Gasteiger charge is 2.38. The Morgan fingerprint density at radius 3 is 2.58 bits per heavy atom. The van der Waals surface area contributed by atoms with Crippen molar-refractivity contribution in [3.05, 3.63) is 0 Å². The molecule has 0 bridgehead atoms. The van der Waals surface area contributed by atoms with E-state index in [-0.39, 0.29) is 18.4 Å². The van der Waals surface area contributed by atoms with Gasteiger partial charge >= 0.3 is 5.97 Å². The molecular formula is C14H26N2O3. The fourth-order valence-electron chi connectivity index (χ4n) is 2.78. The Bertz CT molecular complexity index is 344. The number of hydrogen-bond acceptors (Lipinski definition) is 3. The molecule has 1 saturated carbocycles. The van der Waals surface area contributed by atoms with Crippen molar-refractivity contribution in [1.29, 1.82) is 0 Å². The van der Waals surface area contributed by atoms with Gasteiger partial charge in [0, 0.05) is 6.54 Å². The standard InChI is InChI=1S/C14H26N2O3/c1-9(2)11(12(17)18)8-16-13(19)14(15)6-4-5-10(3)7-14/h9-11H,4-8,15H2,1-3H3,(H,16,19)(H,17,18). The summed E-state index contributed by atoms with van der Waals surface area (Å²) in [5.74, 6) is -1.21. The molecule has 0 aromatic rings. The van der Waals surface area contributed by atoms with Gasteiger partial charge in [-0.3, -0.25) is 9.59 Å². The van der Waals surface area contributed by atoms with Gasteiger partial charge in [-0.05, 0) is 24.7 Å². The second-order valence-corrected chi connectivity index (χ2v) is 6.26. The smallest absolute Gasteiger partial charge is 0.308 e.